The van der Waals surface area contributed by atoms with E-state index in [1.807, 2.05) is 0 Å². The molecule has 1 aromatic heterocycles. The van der Waals surface area contributed by atoms with E-state index in [0.717, 1.165) is 0 Å². The predicted octanol–water partition coefficient (Wildman–Crippen LogP) is 2.41. The van der Waals surface area contributed by atoms with E-state index in [1.54, 1.807) is 6.92 Å². The van der Waals surface area contributed by atoms with Gasteiger partial charge in [-0.05, 0) is 11.5 Å². The highest BCUT2D eigenvalue weighted by molar-refractivity contribution is 5.86. The molecule has 0 aliphatic rings. The van der Waals surface area contributed by atoms with Crippen molar-refractivity contribution in [3.05, 3.63) is 23.5 Å². The number of hydrogen-bond donors (Lipinski definition) is 1. The number of aromatic nitrogens is 1. The third-order valence-corrected chi connectivity index (χ3v) is 3.07. The van der Waals surface area contributed by atoms with E-state index in [9.17, 15) is 13.6 Å². The number of alkyl halides is 2. The molecule has 0 spiro atoms. The van der Waals surface area contributed by atoms with E-state index >= 15 is 0 Å². The van der Waals surface area contributed by atoms with Crippen molar-refractivity contribution < 1.29 is 23.3 Å². The second kappa shape index (κ2) is 5.95. The number of esters is 1. The summed E-state index contributed by atoms with van der Waals surface area (Å²) in [4.78, 5) is 14.1. The Balaban J connectivity index is 3.02. The molecule has 1 aromatic rings. The van der Waals surface area contributed by atoms with Crippen molar-refractivity contribution in [3.63, 3.8) is 0 Å². The van der Waals surface area contributed by atoms with Gasteiger partial charge in [-0.3, -0.25) is 0 Å². The van der Waals surface area contributed by atoms with E-state index in [4.69, 9.17) is 5.73 Å². The first-order valence-electron chi connectivity index (χ1n) is 6.08. The maximum Gasteiger partial charge on any atom is 0.403 e. The number of pyridine rings is 1. The van der Waals surface area contributed by atoms with Crippen molar-refractivity contribution in [3.8, 4) is 0 Å². The first-order chi connectivity index (χ1) is 8.80. The average Bonchev–Trinajstić information content (AvgIpc) is 2.37. The summed E-state index contributed by atoms with van der Waals surface area (Å²) in [6, 6.07) is 1.47. The van der Waals surface area contributed by atoms with Crippen LogP contribution in [0, 0.1) is 0 Å². The largest absolute Gasteiger partial charge is 0.461 e. The molecule has 0 aliphatic heterocycles. The highest BCUT2D eigenvalue weighted by Gasteiger charge is 2.31. The van der Waals surface area contributed by atoms with Crippen LogP contribution in [0.1, 0.15) is 48.7 Å². The van der Waals surface area contributed by atoms with Crippen molar-refractivity contribution >= 4 is 11.7 Å². The van der Waals surface area contributed by atoms with Crippen molar-refractivity contribution in [2.75, 3.05) is 12.8 Å². The Labute approximate surface area is 111 Å². The molecule has 1 atom stereocenters. The number of carbonyl (C=O) groups excluding carboxylic acids is 1. The number of rotatable bonds is 5. The minimum atomic E-state index is -2.74. The van der Waals surface area contributed by atoms with Gasteiger partial charge in [0.05, 0.1) is 12.8 Å². The monoisotopic (exact) mass is 273 g/mol. The molecule has 0 saturated carbocycles. The van der Waals surface area contributed by atoms with Gasteiger partial charge in [-0.2, -0.15) is 0 Å². The Bertz CT molecular complexity index is 464. The normalized spacial score (nSPS) is 13.1. The number of nitrogens with two attached hydrogens (primary N) is 1. The first-order valence-corrected chi connectivity index (χ1v) is 6.08. The van der Waals surface area contributed by atoms with Crippen LogP contribution in [-0.4, -0.2) is 19.0 Å². The summed E-state index contributed by atoms with van der Waals surface area (Å²) in [5.41, 5.74) is 6.83. The van der Waals surface area contributed by atoms with Gasteiger partial charge in [-0.1, -0.05) is 13.8 Å². The molecule has 4 nitrogen and oxygen atoms in total. The lowest BCUT2D eigenvalue weighted by atomic mass is 9.92. The Morgan fingerprint density at radius 1 is 1.58 bits per heavy atom. The number of nitrogen functional groups attached to an aromatic ring is 1. The van der Waals surface area contributed by atoms with Gasteiger partial charge < -0.3 is 10.5 Å². The van der Waals surface area contributed by atoms with Crippen LogP contribution in [0.5, 0.6) is 0 Å². The maximum absolute atomic E-state index is 13.4. The summed E-state index contributed by atoms with van der Waals surface area (Å²) in [6.07, 6.45) is 0.889. The van der Waals surface area contributed by atoms with Gasteiger partial charge in [-0.25, -0.2) is 18.6 Å². The van der Waals surface area contributed by atoms with Gasteiger partial charge >= 0.3 is 5.97 Å². The van der Waals surface area contributed by atoms with Crippen LogP contribution in [0.4, 0.5) is 14.5 Å². The predicted molar refractivity (Wildman–Crippen MR) is 67.0 cm³/mol. The van der Waals surface area contributed by atoms with Gasteiger partial charge in [0, 0.05) is 18.9 Å². The minimum absolute atomic E-state index is 0.193. The number of aromatic amines is 1. The SMILES string of the molecule is CCC(F)(F)C[C@@H](C)c1cc(C(=O)OC)[nH+]cc1N. The summed E-state index contributed by atoms with van der Waals surface area (Å²) >= 11 is 0. The van der Waals surface area contributed by atoms with Crippen molar-refractivity contribution in [2.45, 2.75) is 38.5 Å². The third kappa shape index (κ3) is 3.87. The smallest absolute Gasteiger partial charge is 0.403 e. The number of H-pyrrole nitrogens is 1. The van der Waals surface area contributed by atoms with Crippen molar-refractivity contribution in [1.29, 1.82) is 0 Å². The quantitative estimate of drug-likeness (QED) is 0.838. The fraction of sp³-hybridized carbons (Fsp3) is 0.538. The summed E-state index contributed by atoms with van der Waals surface area (Å²) in [5.74, 6) is -3.75. The van der Waals surface area contributed by atoms with Crippen LogP contribution >= 0.6 is 0 Å². The summed E-state index contributed by atoms with van der Waals surface area (Å²) in [6.45, 7) is 3.10. The highest BCUT2D eigenvalue weighted by Crippen LogP contribution is 2.34. The van der Waals surface area contributed by atoms with Gasteiger partial charge in [0.2, 0.25) is 5.92 Å². The number of methoxy groups -OCH3 is 1. The number of ether oxygens (including phenoxy) is 1. The molecule has 0 radical (unpaired) electrons. The maximum atomic E-state index is 13.4. The fourth-order valence-corrected chi connectivity index (χ4v) is 1.88. The van der Waals surface area contributed by atoms with E-state index in [-0.39, 0.29) is 18.5 Å². The summed E-state index contributed by atoms with van der Waals surface area (Å²) < 4.78 is 31.4. The van der Waals surface area contributed by atoms with Crippen molar-refractivity contribution in [1.82, 2.24) is 0 Å². The van der Waals surface area contributed by atoms with E-state index < -0.39 is 17.8 Å². The van der Waals surface area contributed by atoms with Gasteiger partial charge in [-0.15, -0.1) is 0 Å². The molecule has 1 rings (SSSR count). The molecule has 0 saturated heterocycles. The number of hydrogen-bond acceptors (Lipinski definition) is 3. The van der Waals surface area contributed by atoms with Crippen molar-refractivity contribution in [2.24, 2.45) is 0 Å². The zero-order valence-electron chi connectivity index (χ0n) is 11.3. The molecule has 19 heavy (non-hydrogen) atoms. The molecular formula is C13H19F2N2O2+. The highest BCUT2D eigenvalue weighted by atomic mass is 19.3. The lowest BCUT2D eigenvalue weighted by molar-refractivity contribution is -0.382. The Hall–Kier alpha value is -1.72. The number of halogens is 2. The van der Waals surface area contributed by atoms with Crippen LogP contribution in [0.15, 0.2) is 12.3 Å². The molecule has 106 valence electrons. The van der Waals surface area contributed by atoms with E-state index in [1.165, 1.54) is 26.3 Å². The second-order valence-electron chi connectivity index (χ2n) is 4.56. The molecule has 0 aromatic carbocycles. The molecule has 1 heterocycles. The van der Waals surface area contributed by atoms with E-state index in [0.29, 0.717) is 11.3 Å². The molecule has 0 unspecified atom stereocenters. The standard InChI is InChI=1S/C13H18F2N2O2/c1-4-13(14,15)6-8(2)9-5-11(12(18)19-3)17-7-10(9)16/h5,7-8H,4,6,16H2,1-3H3/p+1/t8-/m1/s1. The zero-order valence-corrected chi connectivity index (χ0v) is 11.3. The van der Waals surface area contributed by atoms with Crippen LogP contribution in [0.2, 0.25) is 0 Å². The summed E-state index contributed by atoms with van der Waals surface area (Å²) in [5, 5.41) is 0. The molecule has 6 heteroatoms. The van der Waals surface area contributed by atoms with Crippen LogP contribution in [-0.2, 0) is 4.74 Å². The first kappa shape index (κ1) is 15.3. The Morgan fingerprint density at radius 3 is 2.74 bits per heavy atom. The number of anilines is 1. The van der Waals surface area contributed by atoms with E-state index in [2.05, 4.69) is 9.72 Å². The van der Waals surface area contributed by atoms with Gasteiger partial charge in [0.1, 0.15) is 0 Å². The van der Waals surface area contributed by atoms with Gasteiger partial charge in [0.15, 0.2) is 6.20 Å². The molecule has 3 N–H and O–H groups in total. The fourth-order valence-electron chi connectivity index (χ4n) is 1.88. The Morgan fingerprint density at radius 2 is 2.21 bits per heavy atom. The topological polar surface area (TPSA) is 66.5 Å². The minimum Gasteiger partial charge on any atom is -0.461 e. The average molecular weight is 273 g/mol. The molecular weight excluding hydrogens is 254 g/mol. The van der Waals surface area contributed by atoms with Crippen LogP contribution in [0.3, 0.4) is 0 Å². The third-order valence-electron chi connectivity index (χ3n) is 3.07. The molecule has 0 aliphatic carbocycles. The second-order valence-corrected chi connectivity index (χ2v) is 4.56. The lowest BCUT2D eigenvalue weighted by Gasteiger charge is -2.20. The Kier molecular flexibility index (Phi) is 4.80. The summed E-state index contributed by atoms with van der Waals surface area (Å²) in [7, 11) is 1.25. The molecule has 0 fully saturated rings. The lowest BCUT2D eigenvalue weighted by Crippen LogP contribution is -2.22. The number of nitrogens with one attached hydrogen (secondary N) is 1. The van der Waals surface area contributed by atoms with Crippen LogP contribution in [0.25, 0.3) is 0 Å². The molecule has 0 bridgehead atoms. The zero-order chi connectivity index (χ0) is 14.6. The van der Waals surface area contributed by atoms with Crippen LogP contribution < -0.4 is 10.7 Å². The molecule has 0 amide bonds. The number of carbonyl (C=O) groups is 1. The van der Waals surface area contributed by atoms with Gasteiger partial charge in [0.25, 0.3) is 5.69 Å².